The molecule has 6 atom stereocenters. The molecule has 6 aliphatic rings. The maximum atomic E-state index is 13.6. The van der Waals surface area contributed by atoms with Gasteiger partial charge < -0.3 is 15.3 Å². The van der Waals surface area contributed by atoms with Crippen LogP contribution in [-0.4, -0.2) is 32.3 Å². The molecule has 8 nitrogen and oxygen atoms in total. The topological polar surface area (TPSA) is 96.0 Å². The van der Waals surface area contributed by atoms with Gasteiger partial charge in [0.2, 0.25) is 12.0 Å². The van der Waals surface area contributed by atoms with Gasteiger partial charge in [-0.1, -0.05) is 0 Å². The second kappa shape index (κ2) is 5.81. The van der Waals surface area contributed by atoms with E-state index >= 15 is 0 Å². The van der Waals surface area contributed by atoms with Gasteiger partial charge in [-0.3, -0.25) is 4.79 Å². The third-order valence-electron chi connectivity index (χ3n) is 8.31. The van der Waals surface area contributed by atoms with E-state index in [1.165, 1.54) is 37.9 Å². The SMILES string of the molecule is O=C(N[C@]12C[C@@H]3C[C@@H](C[C@H]1C3)C2)c1nn(-c2c[n+]([O-])ccn2)c2c1CC1CCC2O1. The molecule has 4 saturated carbocycles. The van der Waals surface area contributed by atoms with Crippen LogP contribution in [-0.2, 0) is 11.2 Å². The first-order chi connectivity index (χ1) is 14.6. The van der Waals surface area contributed by atoms with Gasteiger partial charge in [0.05, 0.1) is 18.0 Å². The lowest BCUT2D eigenvalue weighted by molar-refractivity contribution is -0.605. The van der Waals surface area contributed by atoms with Crippen molar-refractivity contribution in [2.75, 3.05) is 0 Å². The van der Waals surface area contributed by atoms with E-state index in [4.69, 9.17) is 9.84 Å². The van der Waals surface area contributed by atoms with E-state index in [2.05, 4.69) is 10.3 Å². The lowest BCUT2D eigenvalue weighted by atomic mass is 9.80. The maximum absolute atomic E-state index is 13.6. The lowest BCUT2D eigenvalue weighted by Crippen LogP contribution is -2.49. The summed E-state index contributed by atoms with van der Waals surface area (Å²) in [7, 11) is 0. The number of nitrogens with zero attached hydrogens (tertiary/aromatic N) is 4. The number of amides is 1. The first kappa shape index (κ1) is 17.2. The fourth-order valence-corrected chi connectivity index (χ4v) is 7.40. The summed E-state index contributed by atoms with van der Waals surface area (Å²) in [6.45, 7) is 0. The van der Waals surface area contributed by atoms with Crippen molar-refractivity contribution < 1.29 is 14.3 Å². The summed E-state index contributed by atoms with van der Waals surface area (Å²) in [5.74, 6) is 2.54. The van der Waals surface area contributed by atoms with Gasteiger partial charge in [-0.05, 0) is 62.7 Å². The zero-order valence-electron chi connectivity index (χ0n) is 16.8. The van der Waals surface area contributed by atoms with Crippen LogP contribution in [0.1, 0.15) is 72.8 Å². The highest BCUT2D eigenvalue weighted by Gasteiger charge is 2.58. The van der Waals surface area contributed by atoms with Gasteiger partial charge in [0, 0.05) is 17.5 Å². The van der Waals surface area contributed by atoms with Gasteiger partial charge in [0.25, 0.3) is 5.91 Å². The van der Waals surface area contributed by atoms with Crippen LogP contribution in [0.4, 0.5) is 0 Å². The van der Waals surface area contributed by atoms with Crippen molar-refractivity contribution in [1.29, 1.82) is 0 Å². The molecule has 1 amide bonds. The quantitative estimate of drug-likeness (QED) is 0.620. The molecule has 6 bridgehead atoms. The van der Waals surface area contributed by atoms with Crippen LogP contribution in [0.25, 0.3) is 5.82 Å². The van der Waals surface area contributed by atoms with Crippen molar-refractivity contribution in [3.63, 3.8) is 0 Å². The average Bonchev–Trinajstić information content (AvgIpc) is 3.41. The van der Waals surface area contributed by atoms with Crippen LogP contribution < -0.4 is 10.0 Å². The number of rotatable bonds is 3. The number of fused-ring (bicyclic) bond motifs is 4. The predicted octanol–water partition coefficient (Wildman–Crippen LogP) is 1.99. The van der Waals surface area contributed by atoms with Crippen molar-refractivity contribution in [3.05, 3.63) is 40.7 Å². The molecule has 5 fully saturated rings. The van der Waals surface area contributed by atoms with Crippen LogP contribution in [0.15, 0.2) is 18.6 Å². The van der Waals surface area contributed by atoms with Gasteiger partial charge in [0.15, 0.2) is 11.9 Å². The Morgan fingerprint density at radius 3 is 2.90 bits per heavy atom. The molecule has 4 heterocycles. The molecule has 0 spiro atoms. The number of carbonyl (C=O) groups excluding carboxylic acids is 1. The minimum atomic E-state index is -0.0913. The minimum Gasteiger partial charge on any atom is -0.619 e. The normalized spacial score (nSPS) is 37.5. The maximum Gasteiger partial charge on any atom is 0.272 e. The molecule has 30 heavy (non-hydrogen) atoms. The van der Waals surface area contributed by atoms with Crippen LogP contribution in [0.5, 0.6) is 0 Å². The monoisotopic (exact) mass is 407 g/mol. The zero-order valence-corrected chi connectivity index (χ0v) is 16.8. The summed E-state index contributed by atoms with van der Waals surface area (Å²) in [5.41, 5.74) is 2.33. The van der Waals surface area contributed by atoms with E-state index in [-0.39, 0.29) is 23.7 Å². The molecule has 2 unspecified atom stereocenters. The Hall–Kier alpha value is -2.48. The third-order valence-corrected chi connectivity index (χ3v) is 8.31. The van der Waals surface area contributed by atoms with E-state index in [0.717, 1.165) is 48.8 Å². The molecule has 2 aromatic rings. The standard InChI is InChI=1S/C22H25N5O3/c28-21(24-22-9-12-5-13(10-22)7-14(22)6-12)19-16-8-15-1-2-17(30-15)20(16)27(25-19)18-11-26(29)4-3-23-18/h3-4,11-15,17H,1-2,5-10H2,(H,24,28)/t12-,13+,14-,15?,17?,22+. The van der Waals surface area contributed by atoms with Crippen LogP contribution in [0.2, 0.25) is 0 Å². The van der Waals surface area contributed by atoms with Crippen LogP contribution >= 0.6 is 0 Å². The predicted molar refractivity (Wildman–Crippen MR) is 105 cm³/mol. The smallest absolute Gasteiger partial charge is 0.272 e. The molecule has 0 aromatic carbocycles. The number of carbonyl (C=O) groups is 1. The van der Waals surface area contributed by atoms with Crippen molar-refractivity contribution >= 4 is 5.91 Å². The van der Waals surface area contributed by atoms with Crippen molar-refractivity contribution in [3.8, 4) is 5.82 Å². The molecule has 2 aromatic heterocycles. The summed E-state index contributed by atoms with van der Waals surface area (Å²) in [4.78, 5) is 17.9. The van der Waals surface area contributed by atoms with E-state index in [0.29, 0.717) is 28.6 Å². The van der Waals surface area contributed by atoms with E-state index in [1.807, 2.05) is 0 Å². The summed E-state index contributed by atoms with van der Waals surface area (Å²) < 4.78 is 8.51. The van der Waals surface area contributed by atoms with Crippen LogP contribution in [0, 0.1) is 23.0 Å². The number of nitrogens with one attached hydrogen (secondary N) is 1. The van der Waals surface area contributed by atoms with Crippen molar-refractivity contribution in [2.45, 2.75) is 69.1 Å². The first-order valence-electron chi connectivity index (χ1n) is 11.2. The fraction of sp³-hybridized carbons (Fsp3) is 0.636. The molecule has 1 saturated heterocycles. The highest BCUT2D eigenvalue weighted by molar-refractivity contribution is 5.95. The van der Waals surface area contributed by atoms with E-state index in [9.17, 15) is 10.0 Å². The third kappa shape index (κ3) is 2.31. The summed E-state index contributed by atoms with van der Waals surface area (Å²) >= 11 is 0. The average molecular weight is 407 g/mol. The summed E-state index contributed by atoms with van der Waals surface area (Å²) in [6, 6.07) is 0. The first-order valence-corrected chi connectivity index (χ1v) is 11.2. The molecule has 156 valence electrons. The molecule has 1 N–H and O–H groups in total. The Bertz CT molecular complexity index is 1050. The molecular weight excluding hydrogens is 382 g/mol. The van der Waals surface area contributed by atoms with Crippen LogP contribution in [0.3, 0.4) is 0 Å². The largest absolute Gasteiger partial charge is 0.619 e. The second-order valence-electron chi connectivity index (χ2n) is 10.1. The number of aromatic nitrogens is 4. The highest BCUT2D eigenvalue weighted by Crippen LogP contribution is 2.60. The van der Waals surface area contributed by atoms with E-state index in [1.54, 1.807) is 4.68 Å². The second-order valence-corrected chi connectivity index (χ2v) is 10.1. The summed E-state index contributed by atoms with van der Waals surface area (Å²) in [6.07, 6.45) is 13.0. The number of hydrogen-bond acceptors (Lipinski definition) is 5. The molecular formula is C22H25N5O3. The lowest BCUT2D eigenvalue weighted by Gasteiger charge is -2.33. The molecule has 8 heteroatoms. The van der Waals surface area contributed by atoms with Gasteiger partial charge in [-0.2, -0.15) is 9.83 Å². The van der Waals surface area contributed by atoms with Crippen molar-refractivity contribution in [1.82, 2.24) is 20.1 Å². The Kier molecular flexibility index (Phi) is 3.34. The summed E-state index contributed by atoms with van der Waals surface area (Å²) in [5, 5.41) is 20.0. The molecule has 4 aliphatic carbocycles. The van der Waals surface area contributed by atoms with Gasteiger partial charge in [-0.25, -0.2) is 9.67 Å². The Labute approximate surface area is 174 Å². The van der Waals surface area contributed by atoms with Crippen molar-refractivity contribution in [2.24, 2.45) is 17.8 Å². The number of ether oxygens (including phenoxy) is 1. The van der Waals surface area contributed by atoms with E-state index < -0.39 is 0 Å². The fourth-order valence-electron chi connectivity index (χ4n) is 7.40. The Balaban J connectivity index is 1.30. The molecule has 0 radical (unpaired) electrons. The van der Waals surface area contributed by atoms with Gasteiger partial charge in [-0.15, -0.1) is 0 Å². The van der Waals surface area contributed by atoms with Gasteiger partial charge >= 0.3 is 0 Å². The number of hydrogen-bond donors (Lipinski definition) is 1. The Morgan fingerprint density at radius 1 is 1.27 bits per heavy atom. The van der Waals surface area contributed by atoms with Gasteiger partial charge in [0.1, 0.15) is 6.10 Å². The minimum absolute atomic E-state index is 0.0332. The molecule has 8 rings (SSSR count). The zero-order chi connectivity index (χ0) is 20.0. The highest BCUT2D eigenvalue weighted by atomic mass is 16.5. The Morgan fingerprint density at radius 2 is 2.10 bits per heavy atom. The molecule has 2 aliphatic heterocycles.